The maximum atomic E-state index is 13.0. The van der Waals surface area contributed by atoms with Crippen LogP contribution in [0.3, 0.4) is 0 Å². The van der Waals surface area contributed by atoms with Crippen LogP contribution >= 0.6 is 0 Å². The fourth-order valence-electron chi connectivity index (χ4n) is 2.81. The number of rotatable bonds is 5. The molecule has 2 aromatic carbocycles. The number of hydrogen-bond donors (Lipinski definition) is 2. The molecule has 2 heterocycles. The van der Waals surface area contributed by atoms with Crippen molar-refractivity contribution in [3.63, 3.8) is 0 Å². The van der Waals surface area contributed by atoms with E-state index in [1.54, 1.807) is 31.3 Å². The first-order chi connectivity index (χ1) is 13.6. The molecular weight excluding hydrogens is 358 g/mol. The number of aryl methyl sites for hydroxylation is 1. The number of para-hydroxylation sites is 1. The first-order valence-corrected chi connectivity index (χ1v) is 8.61. The van der Waals surface area contributed by atoms with E-state index in [-0.39, 0.29) is 11.5 Å². The first-order valence-electron chi connectivity index (χ1n) is 8.61. The fraction of sp³-hybridized carbons (Fsp3) is 0.100. The van der Waals surface area contributed by atoms with Gasteiger partial charge in [-0.15, -0.1) is 0 Å². The number of carbonyl (C=O) groups is 1. The van der Waals surface area contributed by atoms with Gasteiger partial charge in [-0.25, -0.2) is 0 Å². The zero-order valence-corrected chi connectivity index (χ0v) is 15.0. The van der Waals surface area contributed by atoms with Gasteiger partial charge in [-0.3, -0.25) is 24.6 Å². The molecule has 1 amide bonds. The van der Waals surface area contributed by atoms with Gasteiger partial charge in [-0.2, -0.15) is 10.1 Å². The molecule has 2 aromatic heterocycles. The van der Waals surface area contributed by atoms with Crippen LogP contribution in [-0.2, 0) is 11.8 Å². The maximum absolute atomic E-state index is 13.0. The molecule has 1 unspecified atom stereocenters. The normalized spacial score (nSPS) is 11.9. The second-order valence-corrected chi connectivity index (χ2v) is 6.13. The van der Waals surface area contributed by atoms with E-state index in [2.05, 4.69) is 20.4 Å². The maximum Gasteiger partial charge on any atom is 0.272 e. The summed E-state index contributed by atoms with van der Waals surface area (Å²) in [7, 11) is 1.67. The molecule has 1 atom stereocenters. The van der Waals surface area contributed by atoms with Gasteiger partial charge in [0.1, 0.15) is 11.1 Å². The number of hydrogen-bond acceptors (Lipinski definition) is 5. The molecule has 2 N–H and O–H groups in total. The summed E-state index contributed by atoms with van der Waals surface area (Å²) in [6.07, 6.45) is 0.508. The molecule has 0 aliphatic heterocycles. The smallest absolute Gasteiger partial charge is 0.272 e. The van der Waals surface area contributed by atoms with Crippen molar-refractivity contribution < 1.29 is 9.53 Å². The summed E-state index contributed by atoms with van der Waals surface area (Å²) >= 11 is 0. The van der Waals surface area contributed by atoms with Gasteiger partial charge in [0.2, 0.25) is 12.1 Å². The summed E-state index contributed by atoms with van der Waals surface area (Å²) in [6, 6.07) is 18.2. The lowest BCUT2D eigenvalue weighted by molar-refractivity contribution is -0.123. The number of H-pyrrole nitrogens is 1. The third kappa shape index (κ3) is 3.48. The second-order valence-electron chi connectivity index (χ2n) is 6.13. The van der Waals surface area contributed by atoms with E-state index >= 15 is 0 Å². The highest BCUT2D eigenvalue weighted by Crippen LogP contribution is 2.23. The third-order valence-electron chi connectivity index (χ3n) is 4.18. The van der Waals surface area contributed by atoms with Crippen LogP contribution in [0.25, 0.3) is 11.0 Å². The number of ether oxygens (including phenoxy) is 1. The van der Waals surface area contributed by atoms with E-state index < -0.39 is 12.0 Å². The Morgan fingerprint density at radius 2 is 1.79 bits per heavy atom. The molecule has 0 saturated heterocycles. The van der Waals surface area contributed by atoms with E-state index in [0.717, 1.165) is 0 Å². The zero-order chi connectivity index (χ0) is 19.5. The van der Waals surface area contributed by atoms with Crippen LogP contribution in [-0.4, -0.2) is 25.7 Å². The Hall–Kier alpha value is -3.94. The largest absolute Gasteiger partial charge is 0.476 e. The lowest BCUT2D eigenvalue weighted by Crippen LogP contribution is -2.27. The van der Waals surface area contributed by atoms with Crippen LogP contribution < -0.4 is 15.6 Å². The quantitative estimate of drug-likeness (QED) is 0.558. The Labute approximate surface area is 159 Å². The Balaban J connectivity index is 1.66. The van der Waals surface area contributed by atoms with Crippen molar-refractivity contribution in [2.75, 3.05) is 5.32 Å². The van der Waals surface area contributed by atoms with Crippen LogP contribution in [0.1, 0.15) is 11.7 Å². The van der Waals surface area contributed by atoms with E-state index in [0.29, 0.717) is 22.3 Å². The molecule has 0 aliphatic rings. The number of fused-ring (bicyclic) bond motifs is 1. The number of aromatic nitrogens is 4. The first kappa shape index (κ1) is 17.5. The number of aromatic amines is 1. The molecule has 0 fully saturated rings. The molecule has 8 heteroatoms. The highest BCUT2D eigenvalue weighted by atomic mass is 16.5. The van der Waals surface area contributed by atoms with Gasteiger partial charge in [-0.05, 0) is 12.1 Å². The van der Waals surface area contributed by atoms with E-state index in [4.69, 9.17) is 4.74 Å². The van der Waals surface area contributed by atoms with E-state index in [1.165, 1.54) is 10.9 Å². The van der Waals surface area contributed by atoms with Gasteiger partial charge in [0.05, 0.1) is 6.20 Å². The van der Waals surface area contributed by atoms with E-state index in [9.17, 15) is 9.59 Å². The SMILES string of the molecule is Cn1ncc2c(=O)[nH]c(NC(=O)C(Oc3ccccc3)c3ccccc3)nc21. The Morgan fingerprint density at radius 1 is 1.11 bits per heavy atom. The molecule has 0 bridgehead atoms. The standard InChI is InChI=1S/C20H17N5O3/c1-25-17-15(12-21-25)18(26)23-20(22-17)24-19(27)16(13-8-4-2-5-9-13)28-14-10-6-3-7-11-14/h2-12,16H,1H3,(H2,22,23,24,26,27). The molecule has 0 radical (unpaired) electrons. The van der Waals surface area contributed by atoms with Crippen molar-refractivity contribution in [2.45, 2.75) is 6.10 Å². The van der Waals surface area contributed by atoms with Crippen molar-refractivity contribution in [3.8, 4) is 5.75 Å². The summed E-state index contributed by atoms with van der Waals surface area (Å²) in [4.78, 5) is 32.0. The van der Waals surface area contributed by atoms with Crippen molar-refractivity contribution in [3.05, 3.63) is 82.8 Å². The van der Waals surface area contributed by atoms with Crippen molar-refractivity contribution in [1.29, 1.82) is 0 Å². The number of anilines is 1. The number of carbonyl (C=O) groups excluding carboxylic acids is 1. The van der Waals surface area contributed by atoms with Gasteiger partial charge < -0.3 is 4.74 Å². The lowest BCUT2D eigenvalue weighted by Gasteiger charge is -2.18. The number of nitrogens with zero attached hydrogens (tertiary/aromatic N) is 3. The molecule has 0 aliphatic carbocycles. The summed E-state index contributed by atoms with van der Waals surface area (Å²) in [5.41, 5.74) is 0.667. The molecule has 4 rings (SSSR count). The average Bonchev–Trinajstić information content (AvgIpc) is 3.09. The van der Waals surface area contributed by atoms with Crippen LogP contribution in [0.5, 0.6) is 5.75 Å². The average molecular weight is 375 g/mol. The molecule has 8 nitrogen and oxygen atoms in total. The highest BCUT2D eigenvalue weighted by Gasteiger charge is 2.24. The van der Waals surface area contributed by atoms with Crippen LogP contribution in [0.15, 0.2) is 71.7 Å². The van der Waals surface area contributed by atoms with Gasteiger partial charge in [0.15, 0.2) is 5.65 Å². The minimum atomic E-state index is -0.920. The summed E-state index contributed by atoms with van der Waals surface area (Å²) in [5, 5.41) is 7.00. The highest BCUT2D eigenvalue weighted by molar-refractivity contribution is 5.94. The third-order valence-corrected chi connectivity index (χ3v) is 4.18. The Bertz CT molecular complexity index is 1170. The molecular formula is C20H17N5O3. The van der Waals surface area contributed by atoms with Gasteiger partial charge in [0, 0.05) is 12.6 Å². The predicted molar refractivity (Wildman–Crippen MR) is 104 cm³/mol. The zero-order valence-electron chi connectivity index (χ0n) is 15.0. The number of amides is 1. The monoisotopic (exact) mass is 375 g/mol. The molecule has 0 saturated carbocycles. The number of nitrogens with one attached hydrogen (secondary N) is 2. The molecule has 0 spiro atoms. The van der Waals surface area contributed by atoms with E-state index in [1.807, 2.05) is 36.4 Å². The summed E-state index contributed by atoms with van der Waals surface area (Å²) in [5.74, 6) is 0.124. The Morgan fingerprint density at radius 3 is 2.50 bits per heavy atom. The second kappa shape index (κ2) is 7.36. The Kier molecular flexibility index (Phi) is 4.59. The van der Waals surface area contributed by atoms with Crippen LogP contribution in [0.4, 0.5) is 5.95 Å². The molecule has 28 heavy (non-hydrogen) atoms. The van der Waals surface area contributed by atoms with Crippen LogP contribution in [0, 0.1) is 0 Å². The van der Waals surface area contributed by atoms with Crippen molar-refractivity contribution >= 4 is 22.9 Å². The van der Waals surface area contributed by atoms with Crippen molar-refractivity contribution in [1.82, 2.24) is 19.7 Å². The van der Waals surface area contributed by atoms with Crippen LogP contribution in [0.2, 0.25) is 0 Å². The minimum Gasteiger partial charge on any atom is -0.476 e. The van der Waals surface area contributed by atoms with Gasteiger partial charge in [-0.1, -0.05) is 48.5 Å². The molecule has 4 aromatic rings. The van der Waals surface area contributed by atoms with Gasteiger partial charge in [0.25, 0.3) is 11.5 Å². The number of benzene rings is 2. The van der Waals surface area contributed by atoms with Gasteiger partial charge >= 0.3 is 0 Å². The topological polar surface area (TPSA) is 102 Å². The fourth-order valence-corrected chi connectivity index (χ4v) is 2.81. The molecule has 140 valence electrons. The summed E-state index contributed by atoms with van der Waals surface area (Å²) in [6.45, 7) is 0. The summed E-state index contributed by atoms with van der Waals surface area (Å²) < 4.78 is 7.38. The van der Waals surface area contributed by atoms with Crippen molar-refractivity contribution in [2.24, 2.45) is 7.05 Å². The lowest BCUT2D eigenvalue weighted by atomic mass is 10.1. The predicted octanol–water partition coefficient (Wildman–Crippen LogP) is 2.42. The minimum absolute atomic E-state index is 0.0312.